The van der Waals surface area contributed by atoms with Gasteiger partial charge in [0, 0.05) is 12.6 Å². The molecule has 0 bridgehead atoms. The van der Waals surface area contributed by atoms with Crippen molar-refractivity contribution in [3.8, 4) is 0 Å². The molecule has 1 aromatic heterocycles. The van der Waals surface area contributed by atoms with E-state index in [0.29, 0.717) is 0 Å². The molecule has 0 saturated heterocycles. The summed E-state index contributed by atoms with van der Waals surface area (Å²) in [6.07, 6.45) is 0. The lowest BCUT2D eigenvalue weighted by molar-refractivity contribution is 0.570. The molecule has 3 aromatic rings. The molecule has 106 valence electrons. The van der Waals surface area contributed by atoms with Gasteiger partial charge in [-0.05, 0) is 51.3 Å². The Kier molecular flexibility index (Phi) is 4.32. The summed E-state index contributed by atoms with van der Waals surface area (Å²) < 4.78 is 0.875. The van der Waals surface area contributed by atoms with Gasteiger partial charge in [0.1, 0.15) is 4.60 Å². The monoisotopic (exact) mass is 340 g/mol. The lowest BCUT2D eigenvalue weighted by Crippen LogP contribution is -2.19. The minimum Gasteiger partial charge on any atom is -0.305 e. The van der Waals surface area contributed by atoms with Gasteiger partial charge in [-0.1, -0.05) is 48.5 Å². The first-order valence-electron chi connectivity index (χ1n) is 7.06. The molecule has 3 rings (SSSR count). The van der Waals surface area contributed by atoms with Crippen LogP contribution in [-0.2, 0) is 6.54 Å². The van der Waals surface area contributed by atoms with Crippen LogP contribution in [0.3, 0.4) is 0 Å². The van der Waals surface area contributed by atoms with Crippen LogP contribution in [0.1, 0.15) is 24.2 Å². The van der Waals surface area contributed by atoms with Gasteiger partial charge in [0.15, 0.2) is 0 Å². The van der Waals surface area contributed by atoms with Crippen molar-refractivity contribution in [1.82, 2.24) is 10.3 Å². The first-order chi connectivity index (χ1) is 10.2. The molecule has 0 saturated carbocycles. The summed E-state index contributed by atoms with van der Waals surface area (Å²) in [7, 11) is 0. The Hall–Kier alpha value is -1.71. The van der Waals surface area contributed by atoms with E-state index in [9.17, 15) is 0 Å². The van der Waals surface area contributed by atoms with Gasteiger partial charge >= 0.3 is 0 Å². The van der Waals surface area contributed by atoms with Crippen molar-refractivity contribution in [2.24, 2.45) is 0 Å². The van der Waals surface area contributed by atoms with Crippen molar-refractivity contribution >= 4 is 26.7 Å². The van der Waals surface area contributed by atoms with Gasteiger partial charge < -0.3 is 5.32 Å². The van der Waals surface area contributed by atoms with Crippen LogP contribution in [0.25, 0.3) is 10.8 Å². The average Bonchev–Trinajstić information content (AvgIpc) is 2.52. The molecule has 1 heterocycles. The molecule has 21 heavy (non-hydrogen) atoms. The number of hydrogen-bond acceptors (Lipinski definition) is 2. The predicted octanol–water partition coefficient (Wildman–Crippen LogP) is 4.85. The molecule has 0 fully saturated rings. The van der Waals surface area contributed by atoms with Gasteiger partial charge in [-0.25, -0.2) is 4.98 Å². The first kappa shape index (κ1) is 14.2. The fourth-order valence-corrected chi connectivity index (χ4v) is 2.92. The second-order valence-electron chi connectivity index (χ2n) is 5.12. The highest BCUT2D eigenvalue weighted by atomic mass is 79.9. The SMILES string of the molecule is CC(NCc1cccc(Br)n1)c1cccc2ccccc12. The summed E-state index contributed by atoms with van der Waals surface area (Å²) in [6, 6.07) is 21.2. The van der Waals surface area contributed by atoms with Crippen molar-refractivity contribution in [1.29, 1.82) is 0 Å². The van der Waals surface area contributed by atoms with Crippen molar-refractivity contribution in [2.75, 3.05) is 0 Å². The number of hydrogen-bond donors (Lipinski definition) is 1. The summed E-state index contributed by atoms with van der Waals surface area (Å²) >= 11 is 3.41. The molecule has 3 heteroatoms. The standard InChI is InChI=1S/C18H17BrN2/c1-13(20-12-15-8-5-11-18(19)21-15)16-10-4-7-14-6-2-3-9-17(14)16/h2-11,13,20H,12H2,1H3. The smallest absolute Gasteiger partial charge is 0.106 e. The van der Waals surface area contributed by atoms with Gasteiger partial charge in [-0.3, -0.25) is 0 Å². The van der Waals surface area contributed by atoms with E-state index in [2.05, 4.69) is 75.6 Å². The van der Waals surface area contributed by atoms with Crippen LogP contribution in [-0.4, -0.2) is 4.98 Å². The molecular formula is C18H17BrN2. The van der Waals surface area contributed by atoms with Crippen LogP contribution in [0, 0.1) is 0 Å². The number of pyridine rings is 1. The third-order valence-corrected chi connectivity index (χ3v) is 4.09. The number of halogens is 1. The zero-order chi connectivity index (χ0) is 14.7. The largest absolute Gasteiger partial charge is 0.305 e. The second-order valence-corrected chi connectivity index (χ2v) is 5.94. The normalized spacial score (nSPS) is 12.5. The molecule has 2 aromatic carbocycles. The Labute approximate surface area is 133 Å². The maximum atomic E-state index is 4.46. The number of nitrogens with zero attached hydrogens (tertiary/aromatic N) is 1. The van der Waals surface area contributed by atoms with Crippen LogP contribution in [0.5, 0.6) is 0 Å². The number of benzene rings is 2. The van der Waals surface area contributed by atoms with Gasteiger partial charge in [0.2, 0.25) is 0 Å². The highest BCUT2D eigenvalue weighted by Crippen LogP contribution is 2.24. The van der Waals surface area contributed by atoms with E-state index >= 15 is 0 Å². The molecule has 0 spiro atoms. The zero-order valence-electron chi connectivity index (χ0n) is 11.9. The molecular weight excluding hydrogens is 324 g/mol. The topological polar surface area (TPSA) is 24.9 Å². The number of nitrogens with one attached hydrogen (secondary N) is 1. The number of rotatable bonds is 4. The zero-order valence-corrected chi connectivity index (χ0v) is 13.5. The van der Waals surface area contributed by atoms with Crippen molar-refractivity contribution in [3.63, 3.8) is 0 Å². The van der Waals surface area contributed by atoms with Crippen LogP contribution in [0.2, 0.25) is 0 Å². The summed E-state index contributed by atoms with van der Waals surface area (Å²) in [4.78, 5) is 4.46. The highest BCUT2D eigenvalue weighted by Gasteiger charge is 2.08. The van der Waals surface area contributed by atoms with E-state index in [1.165, 1.54) is 16.3 Å². The van der Waals surface area contributed by atoms with Crippen LogP contribution in [0.15, 0.2) is 65.3 Å². The minimum absolute atomic E-state index is 0.275. The lowest BCUT2D eigenvalue weighted by atomic mass is 10.00. The fraction of sp³-hybridized carbons (Fsp3) is 0.167. The van der Waals surface area contributed by atoms with E-state index in [4.69, 9.17) is 0 Å². The Morgan fingerprint density at radius 2 is 1.76 bits per heavy atom. The summed E-state index contributed by atoms with van der Waals surface area (Å²) in [6.45, 7) is 2.95. The second kappa shape index (κ2) is 6.37. The van der Waals surface area contributed by atoms with E-state index in [1.54, 1.807) is 0 Å². The fourth-order valence-electron chi connectivity index (χ4n) is 2.54. The maximum Gasteiger partial charge on any atom is 0.106 e. The van der Waals surface area contributed by atoms with Crippen molar-refractivity contribution < 1.29 is 0 Å². The van der Waals surface area contributed by atoms with E-state index < -0.39 is 0 Å². The Morgan fingerprint density at radius 3 is 2.62 bits per heavy atom. The predicted molar refractivity (Wildman–Crippen MR) is 91.1 cm³/mol. The Balaban J connectivity index is 1.79. The third kappa shape index (κ3) is 3.31. The minimum atomic E-state index is 0.275. The highest BCUT2D eigenvalue weighted by molar-refractivity contribution is 9.10. The molecule has 0 aliphatic rings. The third-order valence-electron chi connectivity index (χ3n) is 3.65. The van der Waals surface area contributed by atoms with E-state index in [-0.39, 0.29) is 6.04 Å². The van der Waals surface area contributed by atoms with Gasteiger partial charge in [0.05, 0.1) is 5.69 Å². The van der Waals surface area contributed by atoms with E-state index in [1.807, 2.05) is 18.2 Å². The molecule has 0 radical (unpaired) electrons. The molecule has 1 unspecified atom stereocenters. The summed E-state index contributed by atoms with van der Waals surface area (Å²) in [5, 5.41) is 6.14. The number of aromatic nitrogens is 1. The molecule has 0 aliphatic heterocycles. The van der Waals surface area contributed by atoms with Gasteiger partial charge in [-0.2, -0.15) is 0 Å². The quantitative estimate of drug-likeness (QED) is 0.687. The molecule has 2 nitrogen and oxygen atoms in total. The summed E-state index contributed by atoms with van der Waals surface area (Å²) in [5.74, 6) is 0. The van der Waals surface area contributed by atoms with Crippen LogP contribution >= 0.6 is 15.9 Å². The number of fused-ring (bicyclic) bond motifs is 1. The molecule has 0 amide bonds. The van der Waals surface area contributed by atoms with Gasteiger partial charge in [0.25, 0.3) is 0 Å². The average molecular weight is 341 g/mol. The molecule has 1 N–H and O–H groups in total. The first-order valence-corrected chi connectivity index (χ1v) is 7.86. The van der Waals surface area contributed by atoms with Crippen molar-refractivity contribution in [3.05, 3.63) is 76.5 Å². The maximum absolute atomic E-state index is 4.46. The van der Waals surface area contributed by atoms with Gasteiger partial charge in [-0.15, -0.1) is 0 Å². The van der Waals surface area contributed by atoms with E-state index in [0.717, 1.165) is 16.8 Å². The molecule has 1 atom stereocenters. The van der Waals surface area contributed by atoms with Crippen LogP contribution < -0.4 is 5.32 Å². The Morgan fingerprint density at radius 1 is 1.00 bits per heavy atom. The van der Waals surface area contributed by atoms with Crippen LogP contribution in [0.4, 0.5) is 0 Å². The molecule has 0 aliphatic carbocycles. The Bertz CT molecular complexity index is 750. The lowest BCUT2D eigenvalue weighted by Gasteiger charge is -2.16. The summed E-state index contributed by atoms with van der Waals surface area (Å²) in [5.41, 5.74) is 2.36. The van der Waals surface area contributed by atoms with Crippen molar-refractivity contribution in [2.45, 2.75) is 19.5 Å².